The second-order valence-corrected chi connectivity index (χ2v) is 9.62. The molecule has 0 N–H and O–H groups in total. The van der Waals surface area contributed by atoms with Crippen LogP contribution in [0.2, 0.25) is 10.0 Å². The van der Waals surface area contributed by atoms with Crippen LogP contribution in [0, 0.1) is 13.8 Å². The molecule has 0 saturated heterocycles. The van der Waals surface area contributed by atoms with Gasteiger partial charge >= 0.3 is 0 Å². The number of benzene rings is 2. The van der Waals surface area contributed by atoms with Gasteiger partial charge in [0.25, 0.3) is 5.91 Å². The van der Waals surface area contributed by atoms with Gasteiger partial charge in [-0.1, -0.05) is 57.9 Å². The number of amides is 1. The van der Waals surface area contributed by atoms with Crippen LogP contribution in [0.4, 0.5) is 5.13 Å². The third-order valence-electron chi connectivity index (χ3n) is 5.09. The normalized spacial score (nSPS) is 11.5. The molecule has 2 aromatic heterocycles. The Hall–Kier alpha value is -2.45. The first kappa shape index (κ1) is 22.7. The minimum atomic E-state index is -0.233. The number of carbonyl (C=O) groups excluding carboxylic acids is 1. The Bertz CT molecular complexity index is 1300. The summed E-state index contributed by atoms with van der Waals surface area (Å²) in [5.41, 5.74) is 3.26. The van der Waals surface area contributed by atoms with E-state index in [1.54, 1.807) is 17.9 Å². The first-order chi connectivity index (χ1) is 15.3. The molecule has 1 amide bonds. The van der Waals surface area contributed by atoms with Gasteiger partial charge in [-0.3, -0.25) is 9.69 Å². The van der Waals surface area contributed by atoms with Crippen LogP contribution in [0.1, 0.15) is 21.7 Å². The fourth-order valence-electron chi connectivity index (χ4n) is 3.44. The summed E-state index contributed by atoms with van der Waals surface area (Å²) in [5.74, 6) is 0.198. The highest BCUT2D eigenvalue weighted by atomic mass is 35.5. The summed E-state index contributed by atoms with van der Waals surface area (Å²) in [5, 5.41) is 5.90. The highest BCUT2D eigenvalue weighted by Crippen LogP contribution is 2.36. The molecule has 0 fully saturated rings. The summed E-state index contributed by atoms with van der Waals surface area (Å²) >= 11 is 14.1. The Balaban J connectivity index is 1.82. The molecule has 166 valence electrons. The third kappa shape index (κ3) is 4.38. The van der Waals surface area contributed by atoms with Crippen molar-refractivity contribution in [3.8, 4) is 11.3 Å². The summed E-state index contributed by atoms with van der Waals surface area (Å²) in [4.78, 5) is 22.4. The molecule has 6 nitrogen and oxygen atoms in total. The quantitative estimate of drug-likeness (QED) is 0.328. The van der Waals surface area contributed by atoms with Gasteiger partial charge in [0.05, 0.1) is 15.2 Å². The zero-order valence-corrected chi connectivity index (χ0v) is 20.5. The van der Waals surface area contributed by atoms with Crippen molar-refractivity contribution in [1.82, 2.24) is 15.0 Å². The number of anilines is 1. The number of aromatic nitrogens is 2. The Labute approximate surface area is 200 Å². The summed E-state index contributed by atoms with van der Waals surface area (Å²) in [6, 6.07) is 11.0. The molecule has 32 heavy (non-hydrogen) atoms. The molecule has 0 bridgehead atoms. The van der Waals surface area contributed by atoms with Crippen LogP contribution in [-0.4, -0.2) is 48.1 Å². The number of fused-ring (bicyclic) bond motifs is 1. The Kier molecular flexibility index (Phi) is 6.53. The number of thiazole rings is 1. The average molecular weight is 489 g/mol. The van der Waals surface area contributed by atoms with E-state index >= 15 is 0 Å². The van der Waals surface area contributed by atoms with E-state index in [1.807, 2.05) is 56.3 Å². The smallest absolute Gasteiger partial charge is 0.266 e. The minimum absolute atomic E-state index is 0.233. The zero-order chi connectivity index (χ0) is 23.0. The Morgan fingerprint density at radius 2 is 1.88 bits per heavy atom. The molecule has 0 aliphatic carbocycles. The second kappa shape index (κ2) is 9.19. The number of rotatable bonds is 6. The predicted octanol–water partition coefficient (Wildman–Crippen LogP) is 6.08. The maximum Gasteiger partial charge on any atom is 0.266 e. The van der Waals surface area contributed by atoms with Crippen molar-refractivity contribution in [2.24, 2.45) is 0 Å². The van der Waals surface area contributed by atoms with Gasteiger partial charge in [0.1, 0.15) is 17.0 Å². The number of hydrogen-bond acceptors (Lipinski definition) is 6. The molecular formula is C23H22Cl2N4O2S. The molecule has 4 aromatic rings. The SMILES string of the molecule is Cc1onc(-c2ccccc2Cl)c1C(=O)N(CCN(C)C)c1nc2c(C)cc(Cl)cc2s1. The minimum Gasteiger partial charge on any atom is -0.360 e. The van der Waals surface area contributed by atoms with Crippen molar-refractivity contribution in [1.29, 1.82) is 0 Å². The monoisotopic (exact) mass is 488 g/mol. The van der Waals surface area contributed by atoms with Gasteiger partial charge in [-0.2, -0.15) is 0 Å². The third-order valence-corrected chi connectivity index (χ3v) is 6.66. The van der Waals surface area contributed by atoms with E-state index in [4.69, 9.17) is 32.7 Å². The largest absolute Gasteiger partial charge is 0.360 e. The molecule has 0 aliphatic heterocycles. The van der Waals surface area contributed by atoms with E-state index in [0.717, 1.165) is 15.8 Å². The van der Waals surface area contributed by atoms with Crippen LogP contribution < -0.4 is 4.90 Å². The fraction of sp³-hybridized carbons (Fsp3) is 0.261. The van der Waals surface area contributed by atoms with Gasteiger partial charge in [0, 0.05) is 23.7 Å². The molecule has 0 saturated carbocycles. The van der Waals surface area contributed by atoms with Crippen molar-refractivity contribution in [3.63, 3.8) is 0 Å². The summed E-state index contributed by atoms with van der Waals surface area (Å²) < 4.78 is 6.36. The van der Waals surface area contributed by atoms with E-state index in [-0.39, 0.29) is 5.91 Å². The average Bonchev–Trinajstić information content (AvgIpc) is 3.32. The standard InChI is InChI=1S/C23H22Cl2N4O2S/c1-13-11-15(24)12-18-20(13)26-23(32-18)29(10-9-28(3)4)22(30)19-14(2)31-27-21(19)16-7-5-6-8-17(16)25/h5-8,11-12H,9-10H2,1-4H3. The second-order valence-electron chi connectivity index (χ2n) is 7.77. The van der Waals surface area contributed by atoms with Crippen LogP contribution in [-0.2, 0) is 0 Å². The lowest BCUT2D eigenvalue weighted by molar-refractivity contribution is 0.0984. The Morgan fingerprint density at radius 1 is 1.12 bits per heavy atom. The highest BCUT2D eigenvalue weighted by molar-refractivity contribution is 7.22. The number of nitrogens with zero attached hydrogens (tertiary/aromatic N) is 4. The molecule has 0 radical (unpaired) electrons. The van der Waals surface area contributed by atoms with Crippen molar-refractivity contribution in [2.45, 2.75) is 13.8 Å². The molecule has 0 unspecified atom stereocenters. The molecule has 0 aliphatic rings. The van der Waals surface area contributed by atoms with Gasteiger partial charge in [0.2, 0.25) is 0 Å². The summed E-state index contributed by atoms with van der Waals surface area (Å²) in [6.07, 6.45) is 0. The van der Waals surface area contributed by atoms with E-state index in [9.17, 15) is 4.79 Å². The topological polar surface area (TPSA) is 62.5 Å². The highest BCUT2D eigenvalue weighted by Gasteiger charge is 2.29. The molecule has 2 aromatic carbocycles. The van der Waals surface area contributed by atoms with Crippen LogP contribution in [0.5, 0.6) is 0 Å². The maximum absolute atomic E-state index is 13.9. The van der Waals surface area contributed by atoms with Crippen LogP contribution in [0.15, 0.2) is 40.9 Å². The number of aryl methyl sites for hydroxylation is 2. The first-order valence-electron chi connectivity index (χ1n) is 10.0. The number of carbonyl (C=O) groups is 1. The van der Waals surface area contributed by atoms with Gasteiger partial charge in [-0.25, -0.2) is 4.98 Å². The predicted molar refractivity (Wildman–Crippen MR) is 131 cm³/mol. The van der Waals surface area contributed by atoms with Crippen molar-refractivity contribution < 1.29 is 9.32 Å². The molecule has 4 rings (SSSR count). The number of hydrogen-bond donors (Lipinski definition) is 0. The van der Waals surface area contributed by atoms with Gasteiger partial charge < -0.3 is 9.42 Å². The Morgan fingerprint density at radius 3 is 2.59 bits per heavy atom. The first-order valence-corrected chi connectivity index (χ1v) is 11.6. The molecule has 0 atom stereocenters. The van der Waals surface area contributed by atoms with Gasteiger partial charge in [-0.05, 0) is 51.7 Å². The zero-order valence-electron chi connectivity index (χ0n) is 18.1. The number of likely N-dealkylation sites (N-methyl/N-ethyl adjacent to an activating group) is 1. The summed E-state index contributed by atoms with van der Waals surface area (Å²) in [6.45, 7) is 4.80. The lowest BCUT2D eigenvalue weighted by Crippen LogP contribution is -2.37. The van der Waals surface area contributed by atoms with Gasteiger partial charge in [-0.15, -0.1) is 0 Å². The van der Waals surface area contributed by atoms with Crippen molar-refractivity contribution in [3.05, 3.63) is 63.3 Å². The van der Waals surface area contributed by atoms with E-state index in [1.165, 1.54) is 11.3 Å². The van der Waals surface area contributed by atoms with Crippen molar-refractivity contribution in [2.75, 3.05) is 32.1 Å². The van der Waals surface area contributed by atoms with Crippen LogP contribution in [0.25, 0.3) is 21.5 Å². The molecule has 0 spiro atoms. The lowest BCUT2D eigenvalue weighted by atomic mass is 10.1. The molecular weight excluding hydrogens is 467 g/mol. The van der Waals surface area contributed by atoms with Gasteiger partial charge in [0.15, 0.2) is 5.13 Å². The van der Waals surface area contributed by atoms with E-state index in [2.05, 4.69) is 5.16 Å². The van der Waals surface area contributed by atoms with E-state index < -0.39 is 0 Å². The van der Waals surface area contributed by atoms with Crippen molar-refractivity contribution >= 4 is 55.8 Å². The van der Waals surface area contributed by atoms with Crippen LogP contribution >= 0.6 is 34.5 Å². The fourth-order valence-corrected chi connectivity index (χ4v) is 5.11. The number of halogens is 2. The van der Waals surface area contributed by atoms with Crippen LogP contribution in [0.3, 0.4) is 0 Å². The lowest BCUT2D eigenvalue weighted by Gasteiger charge is -2.22. The summed E-state index contributed by atoms with van der Waals surface area (Å²) in [7, 11) is 3.93. The molecule has 9 heteroatoms. The maximum atomic E-state index is 13.9. The molecule has 2 heterocycles. The van der Waals surface area contributed by atoms with E-state index in [0.29, 0.717) is 50.8 Å².